The molecule has 4 aliphatic carbocycles. The van der Waals surface area contributed by atoms with Crippen molar-refractivity contribution in [2.75, 3.05) is 72.0 Å². The fourth-order valence-electron chi connectivity index (χ4n) is 14.0. The van der Waals surface area contributed by atoms with E-state index in [1.807, 2.05) is 21.9 Å². The number of aromatic nitrogens is 2. The maximum absolute atomic E-state index is 16.5. The molecule has 17 heteroatoms. The second-order valence-electron chi connectivity index (χ2n) is 23.5. The molecule has 4 aromatic rings. The lowest BCUT2D eigenvalue weighted by molar-refractivity contribution is -0.178. The number of amides is 5. The zero-order chi connectivity index (χ0) is 53.4. The zero-order valence-corrected chi connectivity index (χ0v) is 44.5. The summed E-state index contributed by atoms with van der Waals surface area (Å²) in [6, 6.07) is 15.8. The van der Waals surface area contributed by atoms with Crippen LogP contribution in [-0.4, -0.2) is 154 Å². The zero-order valence-electron chi connectivity index (χ0n) is 44.5. The SMILES string of the molecule is CC[C@@H]1CN(C(=O)[C@H](NC(=O)c2cccc([C@@H]3CCCN(C(=O)C45CC(C4)C5)C3)c2F)C2CCCCC2)CC[C@H]1OC1CCN(CC(=O)N2CCN(C(=O)c3cc(Cc4n[nH]c(=O)c5ccccc45)ccc3F)CC2)CC1. The lowest BCUT2D eigenvalue weighted by atomic mass is 9.44. The number of nitrogens with one attached hydrogen (secondary N) is 2. The van der Waals surface area contributed by atoms with Gasteiger partial charge in [-0.25, -0.2) is 13.9 Å². The Morgan fingerprint density at radius 1 is 0.753 bits per heavy atom. The van der Waals surface area contributed by atoms with Crippen molar-refractivity contribution in [1.82, 2.24) is 40.0 Å². The van der Waals surface area contributed by atoms with Gasteiger partial charge in [-0.3, -0.25) is 33.7 Å². The van der Waals surface area contributed by atoms with Crippen LogP contribution in [0.25, 0.3) is 10.8 Å². The molecule has 8 aliphatic rings. The molecule has 12 rings (SSSR count). The number of aromatic amines is 1. The highest BCUT2D eigenvalue weighted by molar-refractivity contribution is 5.98. The number of H-pyrrole nitrogens is 1. The predicted molar refractivity (Wildman–Crippen MR) is 286 cm³/mol. The van der Waals surface area contributed by atoms with Crippen LogP contribution in [0.5, 0.6) is 0 Å². The van der Waals surface area contributed by atoms with Crippen LogP contribution in [0.2, 0.25) is 0 Å². The van der Waals surface area contributed by atoms with Gasteiger partial charge in [0.15, 0.2) is 0 Å². The molecule has 5 heterocycles. The first kappa shape index (κ1) is 53.0. The van der Waals surface area contributed by atoms with E-state index in [9.17, 15) is 28.8 Å². The Bertz CT molecular complexity index is 2910. The summed E-state index contributed by atoms with van der Waals surface area (Å²) in [6.07, 6.45) is 12.5. The van der Waals surface area contributed by atoms with Crippen molar-refractivity contribution in [3.8, 4) is 0 Å². The van der Waals surface area contributed by atoms with Crippen molar-refractivity contribution >= 4 is 40.3 Å². The molecule has 4 saturated heterocycles. The first-order valence-corrected chi connectivity index (χ1v) is 28.7. The van der Waals surface area contributed by atoms with Crippen LogP contribution in [0.4, 0.5) is 8.78 Å². The highest BCUT2D eigenvalue weighted by atomic mass is 19.1. The van der Waals surface area contributed by atoms with Crippen molar-refractivity contribution in [1.29, 1.82) is 0 Å². The topological polar surface area (TPSA) is 169 Å². The predicted octanol–water partition coefficient (Wildman–Crippen LogP) is 7.07. The number of nitrogens with zero attached hydrogens (tertiary/aromatic N) is 6. The fraction of sp³-hybridized carbons (Fsp3) is 0.583. The van der Waals surface area contributed by atoms with Gasteiger partial charge in [0.25, 0.3) is 17.4 Å². The first-order chi connectivity index (χ1) is 37.3. The fourth-order valence-corrected chi connectivity index (χ4v) is 14.0. The molecule has 8 fully saturated rings. The molecule has 2 N–H and O–H groups in total. The second kappa shape index (κ2) is 22.7. The van der Waals surface area contributed by atoms with E-state index in [2.05, 4.69) is 27.3 Å². The van der Waals surface area contributed by atoms with Gasteiger partial charge in [-0.15, -0.1) is 0 Å². The third-order valence-corrected chi connectivity index (χ3v) is 18.7. The van der Waals surface area contributed by atoms with Gasteiger partial charge in [0.05, 0.1) is 46.4 Å². The number of piperidine rings is 3. The number of hydrogen-bond donors (Lipinski definition) is 2. The highest BCUT2D eigenvalue weighted by Crippen LogP contribution is 2.65. The molecule has 0 unspecified atom stereocenters. The minimum absolute atomic E-state index is 0.00516. The summed E-state index contributed by atoms with van der Waals surface area (Å²) in [5, 5.41) is 11.1. The molecule has 4 aliphatic heterocycles. The van der Waals surface area contributed by atoms with Crippen molar-refractivity contribution < 1.29 is 37.5 Å². The van der Waals surface area contributed by atoms with Crippen LogP contribution in [0.15, 0.2) is 65.5 Å². The summed E-state index contributed by atoms with van der Waals surface area (Å²) < 4.78 is 38.5. The number of rotatable bonds is 14. The Hall–Kier alpha value is -6.07. The molecule has 4 saturated carbocycles. The second-order valence-corrected chi connectivity index (χ2v) is 23.5. The van der Waals surface area contributed by atoms with E-state index in [1.54, 1.807) is 46.2 Å². The van der Waals surface area contributed by atoms with Gasteiger partial charge in [0.1, 0.15) is 17.7 Å². The standard InChI is InChI=1S/C60H74F2N8O7/c1-2-40-35-69(58(75)54(41-10-4-3-5-11-41)63-55(72)47-16-8-15-44(53(47)62)42-12-9-22-70(36-42)59(76)60-32-39(33-60)34-60)25-21-51(40)77-43-19-23-66(24-20-43)37-52(71)67-26-28-68(29-27-67)57(74)48-30-38(17-18-49(48)61)31-50-45-13-6-7-14-46(45)56(73)65-64-50/h6-8,13-18,30,39-43,51,54H,2-5,9-12,19-29,31-37H2,1H3,(H,63,72)(H,65,73)/t39?,40-,42-,51-,54-,60?/m1/s1. The Balaban J connectivity index is 0.641. The van der Waals surface area contributed by atoms with E-state index >= 15 is 8.78 Å². The van der Waals surface area contributed by atoms with E-state index < -0.39 is 29.5 Å². The van der Waals surface area contributed by atoms with Gasteiger partial charge < -0.3 is 29.7 Å². The van der Waals surface area contributed by atoms with Gasteiger partial charge in [0.2, 0.25) is 17.7 Å². The summed E-state index contributed by atoms with van der Waals surface area (Å²) in [4.78, 5) is 91.2. The number of fused-ring (bicyclic) bond motifs is 1. The number of benzene rings is 3. The summed E-state index contributed by atoms with van der Waals surface area (Å²) in [7, 11) is 0. The molecule has 0 spiro atoms. The number of hydrogen-bond acceptors (Lipinski definition) is 9. The van der Waals surface area contributed by atoms with E-state index in [0.29, 0.717) is 98.7 Å². The van der Waals surface area contributed by atoms with Crippen LogP contribution in [0, 0.1) is 34.8 Å². The minimum Gasteiger partial charge on any atom is -0.374 e. The molecule has 0 radical (unpaired) electrons. The molecule has 4 atom stereocenters. The van der Waals surface area contributed by atoms with E-state index in [1.165, 1.54) is 12.1 Å². The van der Waals surface area contributed by atoms with Crippen LogP contribution in [0.3, 0.4) is 0 Å². The maximum Gasteiger partial charge on any atom is 0.272 e. The monoisotopic (exact) mass is 1060 g/mol. The Morgan fingerprint density at radius 3 is 2.22 bits per heavy atom. The number of carbonyl (C=O) groups is 5. The minimum atomic E-state index is -0.760. The van der Waals surface area contributed by atoms with Gasteiger partial charge in [-0.05, 0) is 118 Å². The van der Waals surface area contributed by atoms with E-state index in [0.717, 1.165) is 83.5 Å². The van der Waals surface area contributed by atoms with E-state index in [4.69, 9.17) is 4.74 Å². The van der Waals surface area contributed by atoms with Gasteiger partial charge in [-0.1, -0.05) is 62.6 Å². The Labute approximate surface area is 449 Å². The van der Waals surface area contributed by atoms with Crippen molar-refractivity contribution in [3.05, 3.63) is 111 Å². The molecule has 15 nitrogen and oxygen atoms in total. The third-order valence-electron chi connectivity index (χ3n) is 18.7. The van der Waals surface area contributed by atoms with Gasteiger partial charge in [-0.2, -0.15) is 5.10 Å². The van der Waals surface area contributed by atoms with Crippen LogP contribution >= 0.6 is 0 Å². The highest BCUT2D eigenvalue weighted by Gasteiger charge is 2.62. The van der Waals surface area contributed by atoms with Crippen LogP contribution < -0.4 is 10.9 Å². The molecule has 410 valence electrons. The number of likely N-dealkylation sites (tertiary alicyclic amines) is 3. The average molecular weight is 1060 g/mol. The number of carbonyl (C=O) groups excluding carboxylic acids is 5. The van der Waals surface area contributed by atoms with Crippen molar-refractivity contribution in [3.63, 3.8) is 0 Å². The van der Waals surface area contributed by atoms with Crippen molar-refractivity contribution in [2.24, 2.45) is 23.2 Å². The average Bonchev–Trinajstić information content (AvgIpc) is 3.56. The normalized spacial score (nSPS) is 25.7. The molecular weight excluding hydrogens is 983 g/mol. The van der Waals surface area contributed by atoms with Crippen LogP contribution in [0.1, 0.15) is 140 Å². The number of halogens is 2. The third kappa shape index (κ3) is 11.0. The largest absolute Gasteiger partial charge is 0.374 e. The Morgan fingerprint density at radius 2 is 1.49 bits per heavy atom. The molecule has 3 aromatic carbocycles. The maximum atomic E-state index is 16.5. The summed E-state index contributed by atoms with van der Waals surface area (Å²) in [5.41, 5.74) is 1.21. The van der Waals surface area contributed by atoms with E-state index in [-0.39, 0.29) is 89.4 Å². The Kier molecular flexibility index (Phi) is 15.6. The lowest BCUT2D eigenvalue weighted by Gasteiger charge is -2.61. The van der Waals surface area contributed by atoms with Crippen molar-refractivity contribution in [2.45, 2.75) is 127 Å². The molecule has 2 bridgehead atoms. The smallest absolute Gasteiger partial charge is 0.272 e. The molecule has 77 heavy (non-hydrogen) atoms. The quantitative estimate of drug-likeness (QED) is 0.134. The van der Waals surface area contributed by atoms with Crippen LogP contribution in [-0.2, 0) is 25.5 Å². The van der Waals surface area contributed by atoms with Gasteiger partial charge in [0, 0.05) is 89.1 Å². The summed E-state index contributed by atoms with van der Waals surface area (Å²) in [5.74, 6) is -1.49. The number of piperazine rings is 1. The molecule has 5 amide bonds. The summed E-state index contributed by atoms with van der Waals surface area (Å²) >= 11 is 0. The molecular formula is C60H74F2N8O7. The van der Waals surface area contributed by atoms with Gasteiger partial charge >= 0.3 is 0 Å². The number of ether oxygens (including phenoxy) is 1. The lowest BCUT2D eigenvalue weighted by Crippen LogP contribution is -2.62. The first-order valence-electron chi connectivity index (χ1n) is 28.7. The molecule has 1 aromatic heterocycles. The summed E-state index contributed by atoms with van der Waals surface area (Å²) in [6.45, 7) is 7.25.